The van der Waals surface area contributed by atoms with Crippen molar-refractivity contribution in [3.63, 3.8) is 0 Å². The van der Waals surface area contributed by atoms with Crippen LogP contribution in [0.15, 0.2) is 24.3 Å². The van der Waals surface area contributed by atoms with E-state index in [9.17, 15) is 4.79 Å². The second-order valence-electron chi connectivity index (χ2n) is 5.09. The summed E-state index contributed by atoms with van der Waals surface area (Å²) in [5.74, 6) is 6.60. The van der Waals surface area contributed by atoms with E-state index in [1.807, 2.05) is 52.0 Å². The zero-order valence-electron chi connectivity index (χ0n) is 12.4. The fourth-order valence-electron chi connectivity index (χ4n) is 1.42. The number of rotatable bonds is 3. The quantitative estimate of drug-likeness (QED) is 0.863. The second kappa shape index (κ2) is 7.44. The van der Waals surface area contributed by atoms with Crippen LogP contribution in [0.5, 0.6) is 5.75 Å². The minimum Gasteiger partial charge on any atom is -0.493 e. The Labute approximate surface area is 120 Å². The van der Waals surface area contributed by atoms with Crippen molar-refractivity contribution in [2.24, 2.45) is 0 Å². The minimum atomic E-state index is -0.501. The number of carbonyl (C=O) groups excluding carboxylic acids is 1. The molecule has 1 N–H and O–H groups in total. The van der Waals surface area contributed by atoms with E-state index in [1.54, 1.807) is 0 Å². The lowest BCUT2D eigenvalue weighted by Gasteiger charge is -2.19. The summed E-state index contributed by atoms with van der Waals surface area (Å²) in [7, 11) is 0. The molecule has 108 valence electrons. The molecule has 1 aromatic carbocycles. The molecule has 1 aromatic rings. The molecule has 0 bridgehead atoms. The highest BCUT2D eigenvalue weighted by molar-refractivity contribution is 5.68. The molecule has 0 atom stereocenters. The minimum absolute atomic E-state index is 0.232. The van der Waals surface area contributed by atoms with Crippen molar-refractivity contribution >= 4 is 6.09 Å². The van der Waals surface area contributed by atoms with Crippen molar-refractivity contribution in [2.45, 2.75) is 33.3 Å². The Hall–Kier alpha value is -2.15. The van der Waals surface area contributed by atoms with E-state index in [0.29, 0.717) is 6.61 Å². The SMILES string of the molecule is CCOc1ccccc1C#CCNC(=O)OC(C)(C)C. The van der Waals surface area contributed by atoms with Gasteiger partial charge in [0.25, 0.3) is 0 Å². The van der Waals surface area contributed by atoms with Gasteiger partial charge in [0, 0.05) is 0 Å². The van der Waals surface area contributed by atoms with Crippen molar-refractivity contribution in [1.82, 2.24) is 5.32 Å². The predicted molar refractivity (Wildman–Crippen MR) is 78.7 cm³/mol. The number of para-hydroxylation sites is 1. The van der Waals surface area contributed by atoms with Crippen LogP contribution in [0.4, 0.5) is 4.79 Å². The Balaban J connectivity index is 2.53. The average molecular weight is 275 g/mol. The van der Waals surface area contributed by atoms with E-state index in [2.05, 4.69) is 17.2 Å². The molecule has 0 aromatic heterocycles. The van der Waals surface area contributed by atoms with Gasteiger partial charge in [0.1, 0.15) is 11.4 Å². The molecule has 0 aliphatic rings. The smallest absolute Gasteiger partial charge is 0.408 e. The highest BCUT2D eigenvalue weighted by Gasteiger charge is 2.14. The third-order valence-corrected chi connectivity index (χ3v) is 2.13. The maximum Gasteiger partial charge on any atom is 0.408 e. The van der Waals surface area contributed by atoms with Gasteiger partial charge in [0.05, 0.1) is 18.7 Å². The maximum absolute atomic E-state index is 11.4. The first-order chi connectivity index (χ1) is 9.42. The van der Waals surface area contributed by atoms with Gasteiger partial charge in [-0.25, -0.2) is 4.79 Å². The largest absolute Gasteiger partial charge is 0.493 e. The summed E-state index contributed by atoms with van der Waals surface area (Å²) in [5, 5.41) is 2.59. The van der Waals surface area contributed by atoms with Crippen LogP contribution in [0, 0.1) is 11.8 Å². The van der Waals surface area contributed by atoms with Gasteiger partial charge in [0.15, 0.2) is 0 Å². The first kappa shape index (κ1) is 15.9. The van der Waals surface area contributed by atoms with Crippen molar-refractivity contribution in [2.75, 3.05) is 13.2 Å². The Morgan fingerprint density at radius 2 is 2.00 bits per heavy atom. The third-order valence-electron chi connectivity index (χ3n) is 2.13. The summed E-state index contributed by atoms with van der Waals surface area (Å²) in [6.07, 6.45) is -0.468. The van der Waals surface area contributed by atoms with E-state index in [0.717, 1.165) is 11.3 Å². The fraction of sp³-hybridized carbons (Fsp3) is 0.438. The van der Waals surface area contributed by atoms with Crippen LogP contribution in [0.1, 0.15) is 33.3 Å². The van der Waals surface area contributed by atoms with Crippen LogP contribution in [-0.4, -0.2) is 24.8 Å². The Morgan fingerprint density at radius 3 is 2.65 bits per heavy atom. The molecule has 0 unspecified atom stereocenters. The molecule has 0 saturated carbocycles. The number of benzene rings is 1. The predicted octanol–water partition coefficient (Wildman–Crippen LogP) is 2.96. The van der Waals surface area contributed by atoms with Gasteiger partial charge < -0.3 is 14.8 Å². The Bertz CT molecular complexity index is 506. The first-order valence-corrected chi connectivity index (χ1v) is 6.60. The monoisotopic (exact) mass is 275 g/mol. The van der Waals surface area contributed by atoms with Crippen LogP contribution >= 0.6 is 0 Å². The topological polar surface area (TPSA) is 47.6 Å². The zero-order chi connectivity index (χ0) is 15.0. The highest BCUT2D eigenvalue weighted by atomic mass is 16.6. The highest BCUT2D eigenvalue weighted by Crippen LogP contribution is 2.16. The molecular formula is C16H21NO3. The molecule has 1 amide bonds. The van der Waals surface area contributed by atoms with Crippen molar-refractivity contribution in [3.8, 4) is 17.6 Å². The second-order valence-corrected chi connectivity index (χ2v) is 5.09. The molecule has 0 spiro atoms. The standard InChI is InChI=1S/C16H21NO3/c1-5-19-14-11-7-6-9-13(14)10-8-12-17-15(18)20-16(2,3)4/h6-7,9,11H,5,12H2,1-4H3,(H,17,18). The lowest BCUT2D eigenvalue weighted by molar-refractivity contribution is 0.0535. The first-order valence-electron chi connectivity index (χ1n) is 6.60. The Kier molecular flexibility index (Phi) is 5.92. The number of carbonyl (C=O) groups is 1. The van der Waals surface area contributed by atoms with Crippen LogP contribution < -0.4 is 10.1 Å². The summed E-state index contributed by atoms with van der Waals surface area (Å²) >= 11 is 0. The molecular weight excluding hydrogens is 254 g/mol. The Morgan fingerprint density at radius 1 is 1.30 bits per heavy atom. The average Bonchev–Trinajstić information content (AvgIpc) is 2.34. The lowest BCUT2D eigenvalue weighted by atomic mass is 10.2. The van der Waals surface area contributed by atoms with Crippen LogP contribution in [0.25, 0.3) is 0 Å². The molecule has 0 heterocycles. The summed E-state index contributed by atoms with van der Waals surface area (Å²) in [6, 6.07) is 7.54. The van der Waals surface area contributed by atoms with Gasteiger partial charge in [-0.3, -0.25) is 0 Å². The van der Waals surface area contributed by atoms with Gasteiger partial charge in [-0.05, 0) is 39.8 Å². The lowest BCUT2D eigenvalue weighted by Crippen LogP contribution is -2.32. The van der Waals surface area contributed by atoms with Crippen molar-refractivity contribution in [3.05, 3.63) is 29.8 Å². The van der Waals surface area contributed by atoms with E-state index < -0.39 is 11.7 Å². The number of ether oxygens (including phenoxy) is 2. The van der Waals surface area contributed by atoms with Crippen LogP contribution in [0.3, 0.4) is 0 Å². The zero-order valence-corrected chi connectivity index (χ0v) is 12.4. The molecule has 4 nitrogen and oxygen atoms in total. The maximum atomic E-state index is 11.4. The molecule has 0 fully saturated rings. The third kappa shape index (κ3) is 6.14. The molecule has 0 saturated heterocycles. The van der Waals surface area contributed by atoms with Crippen LogP contribution in [-0.2, 0) is 4.74 Å². The summed E-state index contributed by atoms with van der Waals surface area (Å²) in [4.78, 5) is 11.4. The molecule has 0 radical (unpaired) electrons. The van der Waals surface area contributed by atoms with Gasteiger partial charge in [-0.1, -0.05) is 24.0 Å². The normalized spacial score (nSPS) is 10.2. The van der Waals surface area contributed by atoms with Crippen molar-refractivity contribution < 1.29 is 14.3 Å². The van der Waals surface area contributed by atoms with E-state index in [-0.39, 0.29) is 6.54 Å². The molecule has 0 aliphatic heterocycles. The molecule has 4 heteroatoms. The number of hydrogen-bond donors (Lipinski definition) is 1. The fourth-order valence-corrected chi connectivity index (χ4v) is 1.42. The van der Waals surface area contributed by atoms with Crippen LogP contribution in [0.2, 0.25) is 0 Å². The molecule has 0 aliphatic carbocycles. The van der Waals surface area contributed by atoms with E-state index >= 15 is 0 Å². The number of alkyl carbamates (subject to hydrolysis) is 1. The summed E-state index contributed by atoms with van der Waals surface area (Å²) < 4.78 is 10.6. The number of nitrogens with one attached hydrogen (secondary N) is 1. The van der Waals surface area contributed by atoms with Crippen molar-refractivity contribution in [1.29, 1.82) is 0 Å². The van der Waals surface area contributed by atoms with Gasteiger partial charge in [-0.2, -0.15) is 0 Å². The van der Waals surface area contributed by atoms with E-state index in [1.165, 1.54) is 0 Å². The van der Waals surface area contributed by atoms with Gasteiger partial charge in [-0.15, -0.1) is 0 Å². The molecule has 20 heavy (non-hydrogen) atoms. The van der Waals surface area contributed by atoms with E-state index in [4.69, 9.17) is 9.47 Å². The van der Waals surface area contributed by atoms with Gasteiger partial charge in [0.2, 0.25) is 0 Å². The summed E-state index contributed by atoms with van der Waals surface area (Å²) in [5.41, 5.74) is 0.305. The summed E-state index contributed by atoms with van der Waals surface area (Å²) in [6.45, 7) is 8.20. The number of amides is 1. The number of hydrogen-bond acceptors (Lipinski definition) is 3. The molecule has 1 rings (SSSR count). The van der Waals surface area contributed by atoms with Gasteiger partial charge >= 0.3 is 6.09 Å².